The zero-order valence-corrected chi connectivity index (χ0v) is 17.4. The van der Waals surface area contributed by atoms with Gasteiger partial charge in [-0.2, -0.15) is 21.8 Å². The van der Waals surface area contributed by atoms with Crippen LogP contribution in [0, 0.1) is 0 Å². The fraction of sp³-hybridized carbons (Fsp3) is 0. The molecule has 0 fully saturated rings. The Morgan fingerprint density at radius 3 is 1.35 bits per heavy atom. The average molecular weight is 411 g/mol. The van der Waals surface area contributed by atoms with E-state index in [1.807, 2.05) is 22.7 Å². The minimum atomic E-state index is -0.361. The van der Waals surface area contributed by atoms with Gasteiger partial charge in [-0.25, -0.2) is 0 Å². The highest BCUT2D eigenvalue weighted by Crippen LogP contribution is 2.55. The molecule has 0 aliphatic carbocycles. The van der Waals surface area contributed by atoms with E-state index in [4.69, 9.17) is 0 Å². The van der Waals surface area contributed by atoms with Crippen LogP contribution in [-0.4, -0.2) is 0 Å². The number of hydrogen-bond acceptors (Lipinski definition) is 2. The molecule has 0 saturated carbocycles. The van der Waals surface area contributed by atoms with Crippen molar-refractivity contribution in [3.05, 3.63) is 93.1 Å². The molecule has 0 atom stereocenters. The van der Waals surface area contributed by atoms with Crippen LogP contribution in [0.15, 0.2) is 103 Å². The Balaban J connectivity index is 1.77. The zero-order chi connectivity index (χ0) is 17.3. The van der Waals surface area contributed by atoms with Crippen LogP contribution in [0.5, 0.6) is 0 Å². The summed E-state index contributed by atoms with van der Waals surface area (Å²) in [5.41, 5.74) is 2.82. The minimum absolute atomic E-state index is 0.361. The Bertz CT molecular complexity index is 924. The van der Waals surface area contributed by atoms with Crippen LogP contribution in [0.1, 0.15) is 0 Å². The van der Waals surface area contributed by atoms with Crippen LogP contribution in [0.2, 0.25) is 0 Å². The molecular formula is C22H18S4. The molecule has 0 radical (unpaired) electrons. The second-order valence-corrected chi connectivity index (χ2v) is 11.7. The Labute approximate surface area is 167 Å². The number of hydrogen-bond donors (Lipinski definition) is 2. The molecule has 0 amide bonds. The van der Waals surface area contributed by atoms with Crippen LogP contribution in [-0.2, 0) is 0 Å². The normalized spacial score (nSPS) is 17.7. The fourth-order valence-corrected chi connectivity index (χ4v) is 8.38. The molecule has 5 rings (SSSR count). The van der Waals surface area contributed by atoms with Crippen molar-refractivity contribution in [2.24, 2.45) is 0 Å². The fourth-order valence-electron chi connectivity index (χ4n) is 3.25. The second kappa shape index (κ2) is 7.12. The monoisotopic (exact) mass is 410 g/mol. The molecule has 3 aromatic rings. The molecule has 0 bridgehead atoms. The average Bonchev–Trinajstić information content (AvgIpc) is 3.49. The number of thiol groups is 2. The van der Waals surface area contributed by atoms with Gasteiger partial charge in [0, 0.05) is 30.7 Å². The van der Waals surface area contributed by atoms with Gasteiger partial charge in [-0.05, 0) is 56.7 Å². The van der Waals surface area contributed by atoms with Crippen molar-refractivity contribution in [1.29, 1.82) is 0 Å². The van der Waals surface area contributed by atoms with Gasteiger partial charge in [0.2, 0.25) is 0 Å². The van der Waals surface area contributed by atoms with E-state index in [-0.39, 0.29) is 21.8 Å². The first-order chi connectivity index (χ1) is 12.9. The maximum absolute atomic E-state index is 2.48. The van der Waals surface area contributed by atoms with Crippen molar-refractivity contribution >= 4 is 44.5 Å². The molecule has 0 saturated heterocycles. The smallest absolute Gasteiger partial charge is 0.0353 e. The highest BCUT2D eigenvalue weighted by atomic mass is 32.2. The predicted molar refractivity (Wildman–Crippen MR) is 124 cm³/mol. The minimum Gasteiger partial charge on any atom is -0.185 e. The second-order valence-electron chi connectivity index (χ2n) is 6.02. The lowest BCUT2D eigenvalue weighted by Crippen LogP contribution is -1.90. The van der Waals surface area contributed by atoms with E-state index in [1.54, 1.807) is 0 Å². The lowest BCUT2D eigenvalue weighted by molar-refractivity contribution is 1.37. The largest absolute Gasteiger partial charge is 0.185 e. The number of thiophene rings is 2. The molecule has 4 heterocycles. The molecule has 1 aromatic carbocycles. The summed E-state index contributed by atoms with van der Waals surface area (Å²) >= 11 is 3.68. The van der Waals surface area contributed by atoms with Crippen molar-refractivity contribution in [3.63, 3.8) is 0 Å². The van der Waals surface area contributed by atoms with E-state index in [0.717, 1.165) is 0 Å². The van der Waals surface area contributed by atoms with Gasteiger partial charge in [-0.15, -0.1) is 22.7 Å². The summed E-state index contributed by atoms with van der Waals surface area (Å²) in [5.74, 6) is 0. The summed E-state index contributed by atoms with van der Waals surface area (Å²) in [6.45, 7) is 0. The Morgan fingerprint density at radius 1 is 0.577 bits per heavy atom. The SMILES string of the molecule is C1=C[SH](c2cc(-c3cccs3)c([SH]3C=CC=C3)cc2-c2cccs2)C=C1. The molecule has 0 N–H and O–H groups in total. The van der Waals surface area contributed by atoms with E-state index in [2.05, 4.69) is 93.1 Å². The van der Waals surface area contributed by atoms with Gasteiger partial charge >= 0.3 is 0 Å². The van der Waals surface area contributed by atoms with Crippen LogP contribution < -0.4 is 0 Å². The van der Waals surface area contributed by atoms with Crippen LogP contribution >= 0.6 is 44.5 Å². The Kier molecular flexibility index (Phi) is 4.51. The third-order valence-corrected chi connectivity index (χ3v) is 10.1. The maximum Gasteiger partial charge on any atom is 0.0353 e. The van der Waals surface area contributed by atoms with Crippen LogP contribution in [0.4, 0.5) is 0 Å². The van der Waals surface area contributed by atoms with Gasteiger partial charge in [0.25, 0.3) is 0 Å². The molecule has 0 nitrogen and oxygen atoms in total. The van der Waals surface area contributed by atoms with Gasteiger partial charge in [0.15, 0.2) is 0 Å². The van der Waals surface area contributed by atoms with Gasteiger partial charge in [0.1, 0.15) is 0 Å². The lowest BCUT2D eigenvalue weighted by Gasteiger charge is -2.22. The Hall–Kier alpha value is -1.72. The molecule has 2 aliphatic heterocycles. The number of allylic oxidation sites excluding steroid dienone is 4. The first-order valence-corrected chi connectivity index (χ1v) is 13.1. The molecule has 2 aliphatic rings. The van der Waals surface area contributed by atoms with E-state index < -0.39 is 0 Å². The molecule has 2 aromatic heterocycles. The van der Waals surface area contributed by atoms with Gasteiger partial charge in [0.05, 0.1) is 0 Å². The lowest BCUT2D eigenvalue weighted by atomic mass is 10.1. The number of rotatable bonds is 4. The van der Waals surface area contributed by atoms with Crippen molar-refractivity contribution in [1.82, 2.24) is 0 Å². The van der Waals surface area contributed by atoms with E-state index in [0.29, 0.717) is 0 Å². The molecule has 26 heavy (non-hydrogen) atoms. The van der Waals surface area contributed by atoms with Crippen molar-refractivity contribution in [3.8, 4) is 20.9 Å². The quantitative estimate of drug-likeness (QED) is 0.401. The number of benzene rings is 1. The predicted octanol–water partition coefficient (Wildman–Crippen LogP) is 7.95. The van der Waals surface area contributed by atoms with Gasteiger partial charge in [-0.1, -0.05) is 36.4 Å². The van der Waals surface area contributed by atoms with Gasteiger partial charge < -0.3 is 0 Å². The van der Waals surface area contributed by atoms with E-state index in [1.165, 1.54) is 30.7 Å². The molecule has 130 valence electrons. The summed E-state index contributed by atoms with van der Waals surface area (Å²) in [5, 5.41) is 13.8. The topological polar surface area (TPSA) is 0 Å². The van der Waals surface area contributed by atoms with Crippen LogP contribution in [0.3, 0.4) is 0 Å². The highest BCUT2D eigenvalue weighted by Gasteiger charge is 2.19. The molecular weight excluding hydrogens is 393 g/mol. The summed E-state index contributed by atoms with van der Waals surface area (Å²) < 4.78 is 0. The van der Waals surface area contributed by atoms with E-state index >= 15 is 0 Å². The zero-order valence-electron chi connectivity index (χ0n) is 13.9. The summed E-state index contributed by atoms with van der Waals surface area (Å²) in [4.78, 5) is 5.69. The molecule has 0 spiro atoms. The van der Waals surface area contributed by atoms with Gasteiger partial charge in [-0.3, -0.25) is 0 Å². The van der Waals surface area contributed by atoms with Crippen molar-refractivity contribution < 1.29 is 0 Å². The molecule has 4 heteroatoms. The first kappa shape index (κ1) is 16.5. The first-order valence-electron chi connectivity index (χ1n) is 8.43. The van der Waals surface area contributed by atoms with Crippen LogP contribution in [0.25, 0.3) is 20.9 Å². The summed E-state index contributed by atoms with van der Waals surface area (Å²) in [6, 6.07) is 13.8. The molecule has 0 unspecified atom stereocenters. The van der Waals surface area contributed by atoms with Crippen molar-refractivity contribution in [2.45, 2.75) is 9.79 Å². The summed E-state index contributed by atoms with van der Waals surface area (Å²) in [6.07, 6.45) is 8.76. The van der Waals surface area contributed by atoms with Crippen molar-refractivity contribution in [2.75, 3.05) is 0 Å². The summed E-state index contributed by atoms with van der Waals surface area (Å²) in [7, 11) is -0.722. The third-order valence-electron chi connectivity index (χ3n) is 4.45. The third kappa shape index (κ3) is 2.97. The Morgan fingerprint density at radius 2 is 1.00 bits per heavy atom. The standard InChI is InChI=1S/C22H18S4/c1-2-12-25(11-1)21-15-18(20-8-6-10-24-20)22(26-13-3-4-14-26)16-17(21)19-7-5-9-23-19/h1-16,25-26H. The maximum atomic E-state index is 2.48. The highest BCUT2D eigenvalue weighted by molar-refractivity contribution is 8.23. The van der Waals surface area contributed by atoms with E-state index in [9.17, 15) is 0 Å².